The van der Waals surface area contributed by atoms with E-state index in [0.717, 1.165) is 23.2 Å². The average Bonchev–Trinajstić information content (AvgIpc) is 2.91. The van der Waals surface area contributed by atoms with Gasteiger partial charge in [-0.25, -0.2) is 0 Å². The van der Waals surface area contributed by atoms with Crippen molar-refractivity contribution in [3.8, 4) is 5.75 Å². The molecule has 0 saturated heterocycles. The first-order chi connectivity index (χ1) is 9.65. The van der Waals surface area contributed by atoms with Crippen LogP contribution in [0.1, 0.15) is 11.8 Å². The topological polar surface area (TPSA) is 12.5 Å². The Bertz CT molecular complexity index is 515. The van der Waals surface area contributed by atoms with Gasteiger partial charge in [0.1, 0.15) is 12.4 Å². The van der Waals surface area contributed by atoms with E-state index < -0.39 is 0 Å². The molecule has 1 heterocycles. The quantitative estimate of drug-likeness (QED) is 0.728. The fourth-order valence-corrected chi connectivity index (χ4v) is 3.17. The summed E-state index contributed by atoms with van der Waals surface area (Å²) in [5.74, 6) is 0.915. The molecule has 108 valence electrons. The van der Waals surface area contributed by atoms with Crippen molar-refractivity contribution in [1.29, 1.82) is 0 Å². The molecule has 1 atom stereocenters. The van der Waals surface area contributed by atoms with Gasteiger partial charge in [-0.15, -0.1) is 11.3 Å². The Labute approximate surface area is 133 Å². The fourth-order valence-electron chi connectivity index (χ4n) is 1.96. The molecule has 0 amide bonds. The highest BCUT2D eigenvalue weighted by Crippen LogP contribution is 2.18. The zero-order valence-corrected chi connectivity index (χ0v) is 14.3. The molecule has 4 heteroatoms. The minimum atomic E-state index is 0.528. The van der Waals surface area contributed by atoms with Gasteiger partial charge in [0.15, 0.2) is 0 Å². The Hall–Kier alpha value is -0.840. The average molecular weight is 354 g/mol. The van der Waals surface area contributed by atoms with Crippen LogP contribution in [0.2, 0.25) is 0 Å². The Kier molecular flexibility index (Phi) is 6.07. The van der Waals surface area contributed by atoms with Crippen LogP contribution in [0, 0.1) is 0 Å². The van der Waals surface area contributed by atoms with Crippen LogP contribution >= 0.6 is 27.3 Å². The Morgan fingerprint density at radius 2 is 2.15 bits per heavy atom. The van der Waals surface area contributed by atoms with Crippen LogP contribution in [0.15, 0.2) is 46.3 Å². The van der Waals surface area contributed by atoms with Crippen molar-refractivity contribution in [2.24, 2.45) is 0 Å². The van der Waals surface area contributed by atoms with Gasteiger partial charge in [0.25, 0.3) is 0 Å². The zero-order chi connectivity index (χ0) is 14.4. The fraction of sp³-hybridized carbons (Fsp3) is 0.375. The SMILES string of the molecule is CC(Cc1cccs1)N(C)CCOc1cccc(Br)c1. The van der Waals surface area contributed by atoms with E-state index in [1.165, 1.54) is 4.88 Å². The molecule has 0 saturated carbocycles. The summed E-state index contributed by atoms with van der Waals surface area (Å²) in [6, 6.07) is 12.8. The van der Waals surface area contributed by atoms with Crippen molar-refractivity contribution in [3.63, 3.8) is 0 Å². The zero-order valence-electron chi connectivity index (χ0n) is 11.9. The van der Waals surface area contributed by atoms with Crippen LogP contribution in [0.3, 0.4) is 0 Å². The molecule has 0 aliphatic carbocycles. The van der Waals surface area contributed by atoms with Crippen LogP contribution in [0.25, 0.3) is 0 Å². The van der Waals surface area contributed by atoms with Gasteiger partial charge in [-0.2, -0.15) is 0 Å². The first kappa shape index (κ1) is 15.5. The second-order valence-corrected chi connectivity index (χ2v) is 6.87. The molecule has 2 nitrogen and oxygen atoms in total. The maximum atomic E-state index is 5.77. The summed E-state index contributed by atoms with van der Waals surface area (Å²) in [6.07, 6.45) is 1.10. The maximum absolute atomic E-state index is 5.77. The molecular formula is C16H20BrNOS. The van der Waals surface area contributed by atoms with Crippen LogP contribution < -0.4 is 4.74 Å². The van der Waals surface area contributed by atoms with Crippen molar-refractivity contribution in [1.82, 2.24) is 4.90 Å². The third-order valence-electron chi connectivity index (χ3n) is 3.34. The predicted molar refractivity (Wildman–Crippen MR) is 89.8 cm³/mol. The molecule has 0 N–H and O–H groups in total. The second kappa shape index (κ2) is 7.81. The highest BCUT2D eigenvalue weighted by atomic mass is 79.9. The summed E-state index contributed by atoms with van der Waals surface area (Å²) in [4.78, 5) is 3.79. The lowest BCUT2D eigenvalue weighted by Gasteiger charge is -2.24. The van der Waals surface area contributed by atoms with E-state index in [9.17, 15) is 0 Å². The predicted octanol–water partition coefficient (Wildman–Crippen LogP) is 4.45. The monoisotopic (exact) mass is 353 g/mol. The first-order valence-corrected chi connectivity index (χ1v) is 8.43. The van der Waals surface area contributed by atoms with Crippen molar-refractivity contribution in [3.05, 3.63) is 51.1 Å². The summed E-state index contributed by atoms with van der Waals surface area (Å²) in [6.45, 7) is 3.90. The van der Waals surface area contributed by atoms with E-state index in [-0.39, 0.29) is 0 Å². The largest absolute Gasteiger partial charge is 0.492 e. The van der Waals surface area contributed by atoms with E-state index in [0.29, 0.717) is 12.6 Å². The number of nitrogens with zero attached hydrogens (tertiary/aromatic N) is 1. The summed E-state index contributed by atoms with van der Waals surface area (Å²) >= 11 is 5.28. The molecule has 1 unspecified atom stereocenters. The number of rotatable bonds is 7. The van der Waals surface area contributed by atoms with Crippen molar-refractivity contribution in [2.75, 3.05) is 20.2 Å². The van der Waals surface area contributed by atoms with Gasteiger partial charge in [0.2, 0.25) is 0 Å². The first-order valence-electron chi connectivity index (χ1n) is 6.76. The highest BCUT2D eigenvalue weighted by Gasteiger charge is 2.10. The molecule has 2 rings (SSSR count). The third-order valence-corrected chi connectivity index (χ3v) is 4.73. The summed E-state index contributed by atoms with van der Waals surface area (Å²) < 4.78 is 6.82. The normalized spacial score (nSPS) is 12.6. The van der Waals surface area contributed by atoms with Crippen LogP contribution in [0.4, 0.5) is 0 Å². The minimum Gasteiger partial charge on any atom is -0.492 e. The summed E-state index contributed by atoms with van der Waals surface area (Å²) in [5.41, 5.74) is 0. The Morgan fingerprint density at radius 3 is 2.85 bits per heavy atom. The molecule has 1 aromatic heterocycles. The molecule has 20 heavy (non-hydrogen) atoms. The van der Waals surface area contributed by atoms with E-state index in [4.69, 9.17) is 4.74 Å². The van der Waals surface area contributed by atoms with Crippen LogP contribution in [0.5, 0.6) is 5.75 Å². The lowest BCUT2D eigenvalue weighted by molar-refractivity contribution is 0.199. The van der Waals surface area contributed by atoms with Gasteiger partial charge in [-0.1, -0.05) is 28.1 Å². The Morgan fingerprint density at radius 1 is 1.30 bits per heavy atom. The molecule has 0 radical (unpaired) electrons. The lowest BCUT2D eigenvalue weighted by atomic mass is 10.2. The molecule has 1 aromatic carbocycles. The van der Waals surface area contributed by atoms with Gasteiger partial charge in [0.05, 0.1) is 0 Å². The molecule has 0 aliphatic rings. The van der Waals surface area contributed by atoms with Gasteiger partial charge in [-0.3, -0.25) is 4.90 Å². The molecule has 0 bridgehead atoms. The number of hydrogen-bond donors (Lipinski definition) is 0. The molecular weight excluding hydrogens is 334 g/mol. The standard InChI is InChI=1S/C16H20BrNOS/c1-13(11-16-7-4-10-20-16)18(2)8-9-19-15-6-3-5-14(17)12-15/h3-7,10,12-13H,8-9,11H2,1-2H3. The third kappa shape index (κ3) is 4.93. The molecule has 2 aromatic rings. The second-order valence-electron chi connectivity index (χ2n) is 4.92. The number of ether oxygens (including phenoxy) is 1. The smallest absolute Gasteiger partial charge is 0.120 e. The maximum Gasteiger partial charge on any atom is 0.120 e. The van der Waals surface area contributed by atoms with Crippen LogP contribution in [-0.4, -0.2) is 31.1 Å². The number of hydrogen-bond acceptors (Lipinski definition) is 3. The molecule has 0 aliphatic heterocycles. The van der Waals surface area contributed by atoms with Gasteiger partial charge < -0.3 is 4.74 Å². The highest BCUT2D eigenvalue weighted by molar-refractivity contribution is 9.10. The summed E-state index contributed by atoms with van der Waals surface area (Å²) in [7, 11) is 2.16. The van der Waals surface area contributed by atoms with E-state index in [1.807, 2.05) is 35.6 Å². The van der Waals surface area contributed by atoms with Crippen molar-refractivity contribution in [2.45, 2.75) is 19.4 Å². The molecule has 0 fully saturated rings. The van der Waals surface area contributed by atoms with Gasteiger partial charge >= 0.3 is 0 Å². The van der Waals surface area contributed by atoms with E-state index in [2.05, 4.69) is 52.3 Å². The number of halogens is 1. The van der Waals surface area contributed by atoms with Crippen molar-refractivity contribution >= 4 is 27.3 Å². The van der Waals surface area contributed by atoms with E-state index >= 15 is 0 Å². The van der Waals surface area contributed by atoms with Gasteiger partial charge in [0, 0.05) is 21.9 Å². The number of thiophene rings is 1. The number of benzene rings is 1. The minimum absolute atomic E-state index is 0.528. The van der Waals surface area contributed by atoms with Gasteiger partial charge in [-0.05, 0) is 50.0 Å². The number of likely N-dealkylation sites (N-methyl/N-ethyl adjacent to an activating group) is 1. The van der Waals surface area contributed by atoms with Crippen LogP contribution in [-0.2, 0) is 6.42 Å². The Balaban J connectivity index is 1.73. The van der Waals surface area contributed by atoms with Crippen molar-refractivity contribution < 1.29 is 4.74 Å². The lowest BCUT2D eigenvalue weighted by Crippen LogP contribution is -2.34. The molecule has 0 spiro atoms. The summed E-state index contributed by atoms with van der Waals surface area (Å²) in [5, 5.41) is 2.14. The van der Waals surface area contributed by atoms with E-state index in [1.54, 1.807) is 0 Å².